The van der Waals surface area contributed by atoms with Crippen LogP contribution in [0, 0.1) is 5.82 Å². The quantitative estimate of drug-likeness (QED) is 0.763. The molecule has 2 aromatic carbocycles. The molecule has 0 saturated carbocycles. The zero-order chi connectivity index (χ0) is 11.7. The van der Waals surface area contributed by atoms with Crippen molar-refractivity contribution in [3.05, 3.63) is 53.8 Å². The summed E-state index contributed by atoms with van der Waals surface area (Å²) < 4.78 is 18.4. The number of fused-ring (bicyclic) bond motifs is 1. The number of ether oxygens (including phenoxy) is 1. The fraction of sp³-hybridized carbons (Fsp3) is 0.0714. The van der Waals surface area contributed by atoms with Crippen LogP contribution in [0.1, 0.15) is 5.56 Å². The predicted octanol–water partition coefficient (Wildman–Crippen LogP) is 3.88. The van der Waals surface area contributed by atoms with Gasteiger partial charge in [-0.05, 0) is 48.0 Å². The van der Waals surface area contributed by atoms with Gasteiger partial charge in [-0.1, -0.05) is 0 Å². The summed E-state index contributed by atoms with van der Waals surface area (Å²) in [5.74, 6) is 1.12. The Morgan fingerprint density at radius 3 is 2.59 bits per heavy atom. The van der Waals surface area contributed by atoms with Crippen molar-refractivity contribution in [2.24, 2.45) is 4.99 Å². The largest absolute Gasteiger partial charge is 0.457 e. The summed E-state index contributed by atoms with van der Waals surface area (Å²) in [6.07, 6.45) is 2.72. The number of rotatable bonds is 2. The van der Waals surface area contributed by atoms with Crippen molar-refractivity contribution in [1.82, 2.24) is 0 Å². The van der Waals surface area contributed by atoms with Gasteiger partial charge in [-0.3, -0.25) is 4.99 Å². The summed E-state index contributed by atoms with van der Waals surface area (Å²) in [6.45, 7) is 0. The SMILES string of the molecule is Fc1ccc(Oc2ccc3c(c2)CC=N3)cc1. The van der Waals surface area contributed by atoms with E-state index in [0.717, 1.165) is 23.4 Å². The van der Waals surface area contributed by atoms with Gasteiger partial charge in [0.15, 0.2) is 0 Å². The van der Waals surface area contributed by atoms with Crippen molar-refractivity contribution in [3.8, 4) is 11.5 Å². The lowest BCUT2D eigenvalue weighted by Gasteiger charge is -2.06. The first-order valence-corrected chi connectivity index (χ1v) is 5.40. The monoisotopic (exact) mass is 227 g/mol. The topological polar surface area (TPSA) is 21.6 Å². The smallest absolute Gasteiger partial charge is 0.127 e. The molecular formula is C14H10FNO. The first kappa shape index (κ1) is 10.0. The fourth-order valence-electron chi connectivity index (χ4n) is 1.80. The highest BCUT2D eigenvalue weighted by molar-refractivity contribution is 5.76. The van der Waals surface area contributed by atoms with Gasteiger partial charge < -0.3 is 4.74 Å². The average molecular weight is 227 g/mol. The third-order valence-corrected chi connectivity index (χ3v) is 2.64. The molecule has 1 heterocycles. The summed E-state index contributed by atoms with van der Waals surface area (Å²) in [4.78, 5) is 4.23. The van der Waals surface area contributed by atoms with Crippen LogP contribution < -0.4 is 4.74 Å². The van der Waals surface area contributed by atoms with Gasteiger partial charge in [0.2, 0.25) is 0 Å². The molecule has 2 aromatic rings. The van der Waals surface area contributed by atoms with E-state index in [2.05, 4.69) is 4.99 Å². The van der Waals surface area contributed by atoms with Crippen molar-refractivity contribution in [2.75, 3.05) is 0 Å². The Labute approximate surface area is 98.4 Å². The minimum Gasteiger partial charge on any atom is -0.457 e. The summed E-state index contributed by atoms with van der Waals surface area (Å²) >= 11 is 0. The van der Waals surface area contributed by atoms with Crippen molar-refractivity contribution in [3.63, 3.8) is 0 Å². The van der Waals surface area contributed by atoms with E-state index in [0.29, 0.717) is 5.75 Å². The molecule has 17 heavy (non-hydrogen) atoms. The Morgan fingerprint density at radius 2 is 1.76 bits per heavy atom. The first-order valence-electron chi connectivity index (χ1n) is 5.40. The molecule has 0 saturated heterocycles. The van der Waals surface area contributed by atoms with Gasteiger partial charge in [-0.2, -0.15) is 0 Å². The van der Waals surface area contributed by atoms with Crippen LogP contribution in [0.4, 0.5) is 10.1 Å². The van der Waals surface area contributed by atoms with Crippen LogP contribution in [0.3, 0.4) is 0 Å². The van der Waals surface area contributed by atoms with Gasteiger partial charge in [0.05, 0.1) is 5.69 Å². The number of halogens is 1. The lowest BCUT2D eigenvalue weighted by molar-refractivity contribution is 0.480. The second-order valence-electron chi connectivity index (χ2n) is 3.86. The molecule has 0 aliphatic carbocycles. The van der Waals surface area contributed by atoms with Gasteiger partial charge in [-0.25, -0.2) is 4.39 Å². The van der Waals surface area contributed by atoms with Crippen LogP contribution in [0.25, 0.3) is 0 Å². The Bertz CT molecular complexity index is 575. The summed E-state index contributed by atoms with van der Waals surface area (Å²) in [5.41, 5.74) is 2.15. The van der Waals surface area contributed by atoms with Crippen LogP contribution >= 0.6 is 0 Å². The Hall–Kier alpha value is -2.16. The molecule has 2 nitrogen and oxygen atoms in total. The molecule has 1 aliphatic rings. The summed E-state index contributed by atoms with van der Waals surface area (Å²) in [5, 5.41) is 0. The van der Waals surface area contributed by atoms with Crippen LogP contribution in [0.15, 0.2) is 47.5 Å². The molecule has 0 atom stereocenters. The molecule has 1 aliphatic heterocycles. The number of hydrogen-bond donors (Lipinski definition) is 0. The molecule has 0 spiro atoms. The van der Waals surface area contributed by atoms with E-state index in [1.807, 2.05) is 24.4 Å². The number of benzene rings is 2. The number of aliphatic imine (C=N–C) groups is 1. The van der Waals surface area contributed by atoms with Gasteiger partial charge in [0, 0.05) is 12.6 Å². The molecule has 3 heteroatoms. The molecule has 0 radical (unpaired) electrons. The van der Waals surface area contributed by atoms with E-state index < -0.39 is 0 Å². The molecule has 84 valence electrons. The van der Waals surface area contributed by atoms with Gasteiger partial charge in [-0.15, -0.1) is 0 Å². The Balaban J connectivity index is 1.84. The zero-order valence-electron chi connectivity index (χ0n) is 9.06. The third kappa shape index (κ3) is 2.04. The van der Waals surface area contributed by atoms with E-state index >= 15 is 0 Å². The highest BCUT2D eigenvalue weighted by Gasteiger charge is 2.07. The first-order chi connectivity index (χ1) is 8.31. The summed E-state index contributed by atoms with van der Waals surface area (Å²) in [6, 6.07) is 11.7. The molecule has 0 N–H and O–H groups in total. The van der Waals surface area contributed by atoms with Crippen LogP contribution in [-0.4, -0.2) is 6.21 Å². The van der Waals surface area contributed by atoms with Crippen LogP contribution in [0.2, 0.25) is 0 Å². The zero-order valence-corrected chi connectivity index (χ0v) is 9.06. The highest BCUT2D eigenvalue weighted by atomic mass is 19.1. The van der Waals surface area contributed by atoms with E-state index in [1.54, 1.807) is 12.1 Å². The lowest BCUT2D eigenvalue weighted by atomic mass is 10.1. The van der Waals surface area contributed by atoms with E-state index in [9.17, 15) is 4.39 Å². The molecule has 0 bridgehead atoms. The minimum absolute atomic E-state index is 0.264. The van der Waals surface area contributed by atoms with Crippen LogP contribution in [0.5, 0.6) is 11.5 Å². The van der Waals surface area contributed by atoms with E-state index in [4.69, 9.17) is 4.74 Å². The number of hydrogen-bond acceptors (Lipinski definition) is 2. The van der Waals surface area contributed by atoms with Crippen molar-refractivity contribution < 1.29 is 9.13 Å². The van der Waals surface area contributed by atoms with Crippen LogP contribution in [-0.2, 0) is 6.42 Å². The maximum atomic E-state index is 12.7. The van der Waals surface area contributed by atoms with Gasteiger partial charge in [0.25, 0.3) is 0 Å². The van der Waals surface area contributed by atoms with Gasteiger partial charge >= 0.3 is 0 Å². The molecular weight excluding hydrogens is 217 g/mol. The fourth-order valence-corrected chi connectivity index (χ4v) is 1.80. The van der Waals surface area contributed by atoms with Crippen molar-refractivity contribution in [2.45, 2.75) is 6.42 Å². The molecule has 3 rings (SSSR count). The van der Waals surface area contributed by atoms with E-state index in [1.165, 1.54) is 12.1 Å². The normalized spacial score (nSPS) is 12.5. The standard InChI is InChI=1S/C14H10FNO/c15-11-1-3-12(4-2-11)17-13-5-6-14-10(9-13)7-8-16-14/h1-6,8-9H,7H2. The van der Waals surface area contributed by atoms with Crippen molar-refractivity contribution >= 4 is 11.9 Å². The predicted molar refractivity (Wildman–Crippen MR) is 64.8 cm³/mol. The maximum Gasteiger partial charge on any atom is 0.127 e. The molecule has 0 fully saturated rings. The third-order valence-electron chi connectivity index (χ3n) is 2.64. The lowest BCUT2D eigenvalue weighted by Crippen LogP contribution is -1.86. The highest BCUT2D eigenvalue weighted by Crippen LogP contribution is 2.30. The average Bonchev–Trinajstić information content (AvgIpc) is 2.79. The second kappa shape index (κ2) is 4.01. The second-order valence-corrected chi connectivity index (χ2v) is 3.86. The minimum atomic E-state index is -0.264. The van der Waals surface area contributed by atoms with Crippen molar-refractivity contribution in [1.29, 1.82) is 0 Å². The number of nitrogens with zero attached hydrogens (tertiary/aromatic N) is 1. The maximum absolute atomic E-state index is 12.7. The molecule has 0 aromatic heterocycles. The Morgan fingerprint density at radius 1 is 1.00 bits per heavy atom. The Kier molecular flexibility index (Phi) is 2.37. The molecule has 0 amide bonds. The summed E-state index contributed by atoms with van der Waals surface area (Å²) in [7, 11) is 0. The van der Waals surface area contributed by atoms with E-state index in [-0.39, 0.29) is 5.82 Å². The molecule has 0 unspecified atom stereocenters. The van der Waals surface area contributed by atoms with Gasteiger partial charge in [0.1, 0.15) is 17.3 Å².